The number of carbonyl (C=O) groups excluding carboxylic acids is 1. The Morgan fingerprint density at radius 1 is 1.17 bits per heavy atom. The van der Waals surface area contributed by atoms with Crippen LogP contribution in [-0.4, -0.2) is 53.9 Å². The van der Waals surface area contributed by atoms with Gasteiger partial charge >= 0.3 is 0 Å². The van der Waals surface area contributed by atoms with Gasteiger partial charge in [0, 0.05) is 51.5 Å². The number of nitrogens with zero attached hydrogens (tertiary/aromatic N) is 4. The molecule has 3 rings (SSSR count). The average molecular weight is 314 g/mol. The Balaban J connectivity index is 1.52. The van der Waals surface area contributed by atoms with E-state index in [0.29, 0.717) is 13.0 Å². The highest BCUT2D eigenvalue weighted by Crippen LogP contribution is 2.28. The molecule has 1 aromatic heterocycles. The van der Waals surface area contributed by atoms with Crippen molar-refractivity contribution >= 4 is 11.6 Å². The van der Waals surface area contributed by atoms with Gasteiger partial charge in [0.15, 0.2) is 0 Å². The Bertz CT molecular complexity index is 634. The lowest BCUT2D eigenvalue weighted by Crippen LogP contribution is -2.49. The molecular weight excluding hydrogens is 292 g/mol. The van der Waals surface area contributed by atoms with E-state index in [2.05, 4.69) is 16.1 Å². The highest BCUT2D eigenvalue weighted by molar-refractivity contribution is 5.76. The van der Waals surface area contributed by atoms with E-state index in [1.165, 1.54) is 0 Å². The first-order chi connectivity index (χ1) is 11.3. The van der Waals surface area contributed by atoms with E-state index >= 15 is 0 Å². The largest absolute Gasteiger partial charge is 0.495 e. The predicted molar refractivity (Wildman–Crippen MR) is 88.6 cm³/mol. The van der Waals surface area contributed by atoms with Gasteiger partial charge in [-0.2, -0.15) is 5.10 Å². The van der Waals surface area contributed by atoms with Gasteiger partial charge in [0.05, 0.1) is 12.8 Å². The number of carbonyl (C=O) groups is 1. The number of para-hydroxylation sites is 2. The Labute approximate surface area is 136 Å². The van der Waals surface area contributed by atoms with E-state index < -0.39 is 0 Å². The summed E-state index contributed by atoms with van der Waals surface area (Å²) < 4.78 is 7.22. The zero-order chi connectivity index (χ0) is 16.1. The fraction of sp³-hybridized carbons (Fsp3) is 0.412. The molecule has 0 bridgehead atoms. The van der Waals surface area contributed by atoms with Gasteiger partial charge in [-0.15, -0.1) is 0 Å². The highest BCUT2D eigenvalue weighted by Gasteiger charge is 2.22. The summed E-state index contributed by atoms with van der Waals surface area (Å²) in [5, 5.41) is 4.13. The van der Waals surface area contributed by atoms with Gasteiger partial charge in [-0.25, -0.2) is 0 Å². The molecular formula is C17H22N4O2. The molecule has 6 heteroatoms. The van der Waals surface area contributed by atoms with Crippen LogP contribution in [0.2, 0.25) is 0 Å². The molecule has 0 aliphatic carbocycles. The minimum Gasteiger partial charge on any atom is -0.495 e. The summed E-state index contributed by atoms with van der Waals surface area (Å²) in [6, 6.07) is 9.89. The van der Waals surface area contributed by atoms with Crippen LogP contribution in [0.25, 0.3) is 0 Å². The van der Waals surface area contributed by atoms with E-state index in [9.17, 15) is 4.79 Å². The number of amides is 1. The maximum atomic E-state index is 12.3. The van der Waals surface area contributed by atoms with Crippen molar-refractivity contribution in [1.82, 2.24) is 14.7 Å². The summed E-state index contributed by atoms with van der Waals surface area (Å²) in [5.74, 6) is 1.08. The molecule has 1 amide bonds. The summed E-state index contributed by atoms with van der Waals surface area (Å²) in [4.78, 5) is 16.5. The van der Waals surface area contributed by atoms with Crippen LogP contribution in [0.5, 0.6) is 5.75 Å². The SMILES string of the molecule is COc1ccccc1N1CCN(C(=O)CCn2cccn2)CC1. The van der Waals surface area contributed by atoms with Gasteiger partial charge in [-0.05, 0) is 18.2 Å². The number of methoxy groups -OCH3 is 1. The molecule has 23 heavy (non-hydrogen) atoms. The molecule has 1 fully saturated rings. The zero-order valence-electron chi connectivity index (χ0n) is 13.4. The van der Waals surface area contributed by atoms with E-state index in [1.54, 1.807) is 18.0 Å². The van der Waals surface area contributed by atoms with Crippen LogP contribution in [0, 0.1) is 0 Å². The molecule has 0 saturated carbocycles. The van der Waals surface area contributed by atoms with Crippen LogP contribution >= 0.6 is 0 Å². The Morgan fingerprint density at radius 2 is 1.96 bits per heavy atom. The van der Waals surface area contributed by atoms with Crippen molar-refractivity contribution in [3.63, 3.8) is 0 Å². The van der Waals surface area contributed by atoms with E-state index in [1.807, 2.05) is 35.4 Å². The van der Waals surface area contributed by atoms with Crippen LogP contribution in [0.15, 0.2) is 42.7 Å². The first kappa shape index (κ1) is 15.4. The minimum atomic E-state index is 0.195. The molecule has 2 aromatic rings. The van der Waals surface area contributed by atoms with Crippen LogP contribution in [0.3, 0.4) is 0 Å². The third-order valence-corrected chi connectivity index (χ3v) is 4.17. The zero-order valence-corrected chi connectivity index (χ0v) is 13.4. The molecule has 2 heterocycles. The Morgan fingerprint density at radius 3 is 2.65 bits per heavy atom. The second-order valence-electron chi connectivity index (χ2n) is 5.56. The fourth-order valence-corrected chi connectivity index (χ4v) is 2.89. The number of piperazine rings is 1. The van der Waals surface area contributed by atoms with E-state index in [4.69, 9.17) is 4.74 Å². The molecule has 0 unspecified atom stereocenters. The molecule has 0 spiro atoms. The number of aryl methyl sites for hydroxylation is 1. The standard InChI is InChI=1S/C17H22N4O2/c1-23-16-6-3-2-5-15(16)19-11-13-20(14-12-19)17(22)7-10-21-9-4-8-18-21/h2-6,8-9H,7,10-14H2,1H3. The topological polar surface area (TPSA) is 50.6 Å². The first-order valence-corrected chi connectivity index (χ1v) is 7.91. The average Bonchev–Trinajstić information content (AvgIpc) is 3.13. The molecule has 0 N–H and O–H groups in total. The number of ether oxygens (including phenoxy) is 1. The van der Waals surface area contributed by atoms with Crippen LogP contribution < -0.4 is 9.64 Å². The van der Waals surface area contributed by atoms with Crippen molar-refractivity contribution in [3.8, 4) is 5.75 Å². The summed E-state index contributed by atoms with van der Waals surface area (Å²) in [5.41, 5.74) is 1.10. The third-order valence-electron chi connectivity index (χ3n) is 4.17. The molecule has 1 saturated heterocycles. The molecule has 1 aliphatic heterocycles. The molecule has 0 atom stereocenters. The van der Waals surface area contributed by atoms with Gasteiger partial charge in [-0.3, -0.25) is 9.48 Å². The lowest BCUT2D eigenvalue weighted by molar-refractivity contribution is -0.131. The second-order valence-corrected chi connectivity index (χ2v) is 5.56. The summed E-state index contributed by atoms with van der Waals surface area (Å²) in [6.45, 7) is 3.78. The van der Waals surface area contributed by atoms with Crippen LogP contribution in [0.4, 0.5) is 5.69 Å². The van der Waals surface area contributed by atoms with Crippen molar-refractivity contribution in [1.29, 1.82) is 0 Å². The minimum absolute atomic E-state index is 0.195. The van der Waals surface area contributed by atoms with Crippen LogP contribution in [-0.2, 0) is 11.3 Å². The van der Waals surface area contributed by atoms with Crippen molar-refractivity contribution in [3.05, 3.63) is 42.7 Å². The van der Waals surface area contributed by atoms with Crippen LogP contribution in [0.1, 0.15) is 6.42 Å². The van der Waals surface area contributed by atoms with Gasteiger partial charge in [0.25, 0.3) is 0 Å². The lowest BCUT2D eigenvalue weighted by Gasteiger charge is -2.36. The summed E-state index contributed by atoms with van der Waals surface area (Å²) in [6.07, 6.45) is 4.11. The van der Waals surface area contributed by atoms with Crippen molar-refractivity contribution < 1.29 is 9.53 Å². The maximum absolute atomic E-state index is 12.3. The molecule has 1 aromatic carbocycles. The van der Waals surface area contributed by atoms with Crippen molar-refractivity contribution in [2.45, 2.75) is 13.0 Å². The molecule has 1 aliphatic rings. The van der Waals surface area contributed by atoms with Crippen molar-refractivity contribution in [2.75, 3.05) is 38.2 Å². The number of anilines is 1. The van der Waals surface area contributed by atoms with Gasteiger partial charge in [0.2, 0.25) is 5.91 Å². The maximum Gasteiger partial charge on any atom is 0.224 e. The monoisotopic (exact) mass is 314 g/mol. The second kappa shape index (κ2) is 7.17. The summed E-state index contributed by atoms with van der Waals surface area (Å²) >= 11 is 0. The number of aromatic nitrogens is 2. The Hall–Kier alpha value is -2.50. The fourth-order valence-electron chi connectivity index (χ4n) is 2.89. The van der Waals surface area contributed by atoms with Crippen molar-refractivity contribution in [2.24, 2.45) is 0 Å². The number of hydrogen-bond donors (Lipinski definition) is 0. The summed E-state index contributed by atoms with van der Waals surface area (Å²) in [7, 11) is 1.69. The highest BCUT2D eigenvalue weighted by atomic mass is 16.5. The molecule has 6 nitrogen and oxygen atoms in total. The third kappa shape index (κ3) is 3.64. The van der Waals surface area contributed by atoms with E-state index in [0.717, 1.165) is 37.6 Å². The number of benzene rings is 1. The van der Waals surface area contributed by atoms with Gasteiger partial charge in [-0.1, -0.05) is 12.1 Å². The number of hydrogen-bond acceptors (Lipinski definition) is 4. The lowest BCUT2D eigenvalue weighted by atomic mass is 10.2. The van der Waals surface area contributed by atoms with E-state index in [-0.39, 0.29) is 5.91 Å². The smallest absolute Gasteiger partial charge is 0.224 e. The Kier molecular flexibility index (Phi) is 4.80. The predicted octanol–water partition coefficient (Wildman–Crippen LogP) is 1.63. The quantitative estimate of drug-likeness (QED) is 0.842. The normalized spacial score (nSPS) is 14.8. The first-order valence-electron chi connectivity index (χ1n) is 7.91. The van der Waals surface area contributed by atoms with Gasteiger partial charge < -0.3 is 14.5 Å². The molecule has 122 valence electrons. The number of rotatable bonds is 5. The van der Waals surface area contributed by atoms with Gasteiger partial charge in [0.1, 0.15) is 5.75 Å². The molecule has 0 radical (unpaired) electrons.